The zero-order valence-corrected chi connectivity index (χ0v) is 12.0. The summed E-state index contributed by atoms with van der Waals surface area (Å²) in [4.78, 5) is 0. The van der Waals surface area contributed by atoms with Crippen molar-refractivity contribution in [1.82, 2.24) is 0 Å². The van der Waals surface area contributed by atoms with E-state index in [1.807, 2.05) is 0 Å². The Balaban J connectivity index is 2.50. The van der Waals surface area contributed by atoms with Crippen molar-refractivity contribution in [1.29, 1.82) is 0 Å². The summed E-state index contributed by atoms with van der Waals surface area (Å²) in [5, 5.41) is 13.1. The van der Waals surface area contributed by atoms with Crippen LogP contribution in [0, 0.1) is 6.92 Å². The van der Waals surface area contributed by atoms with E-state index in [1.165, 1.54) is 31.2 Å². The summed E-state index contributed by atoms with van der Waals surface area (Å²) in [7, 11) is 0. The third-order valence-electron chi connectivity index (χ3n) is 3.43. The third-order valence-corrected chi connectivity index (χ3v) is 3.43. The highest BCUT2D eigenvalue weighted by molar-refractivity contribution is 5.46. The van der Waals surface area contributed by atoms with E-state index in [2.05, 4.69) is 50.4 Å². The predicted octanol–water partition coefficient (Wildman–Crippen LogP) is 4.13. The highest BCUT2D eigenvalue weighted by Gasteiger charge is 2.22. The minimum Gasteiger partial charge on any atom is -0.394 e. The van der Waals surface area contributed by atoms with E-state index < -0.39 is 0 Å². The minimum absolute atomic E-state index is 0.174. The third kappa shape index (κ3) is 5.09. The Morgan fingerprint density at radius 3 is 2.33 bits per heavy atom. The molecular formula is C16H27NO. The van der Waals surface area contributed by atoms with Gasteiger partial charge in [0.25, 0.3) is 0 Å². The molecule has 0 spiro atoms. The van der Waals surface area contributed by atoms with Crippen LogP contribution in [0.2, 0.25) is 0 Å². The van der Waals surface area contributed by atoms with E-state index in [1.54, 1.807) is 0 Å². The van der Waals surface area contributed by atoms with E-state index in [0.717, 1.165) is 12.1 Å². The quantitative estimate of drug-likeness (QED) is 0.679. The highest BCUT2D eigenvalue weighted by Crippen LogP contribution is 2.21. The number of hydrogen-bond acceptors (Lipinski definition) is 2. The summed E-state index contributed by atoms with van der Waals surface area (Å²) >= 11 is 0. The number of anilines is 1. The summed E-state index contributed by atoms with van der Waals surface area (Å²) < 4.78 is 0. The molecular weight excluding hydrogens is 222 g/mol. The van der Waals surface area contributed by atoms with E-state index >= 15 is 0 Å². The van der Waals surface area contributed by atoms with Gasteiger partial charge in [-0.15, -0.1) is 0 Å². The van der Waals surface area contributed by atoms with Crippen LogP contribution >= 0.6 is 0 Å². The molecule has 0 heterocycles. The van der Waals surface area contributed by atoms with Crippen molar-refractivity contribution in [3.05, 3.63) is 29.8 Å². The smallest absolute Gasteiger partial charge is 0.0658 e. The normalized spacial score (nSPS) is 14.2. The summed E-state index contributed by atoms with van der Waals surface area (Å²) in [5.41, 5.74) is 2.14. The molecule has 0 aliphatic rings. The second-order valence-corrected chi connectivity index (χ2v) is 5.52. The molecule has 0 amide bonds. The maximum Gasteiger partial charge on any atom is 0.0658 e. The number of unbranched alkanes of at least 4 members (excludes halogenated alkanes) is 3. The van der Waals surface area contributed by atoms with Crippen LogP contribution in [0.25, 0.3) is 0 Å². The lowest BCUT2D eigenvalue weighted by Crippen LogP contribution is -2.38. The second kappa shape index (κ2) is 7.42. The summed E-state index contributed by atoms with van der Waals surface area (Å²) in [5.74, 6) is 0. The Hall–Kier alpha value is -1.02. The van der Waals surface area contributed by atoms with Gasteiger partial charge in [-0.05, 0) is 32.4 Å². The van der Waals surface area contributed by atoms with Crippen molar-refractivity contribution in [2.75, 3.05) is 11.9 Å². The van der Waals surface area contributed by atoms with Crippen LogP contribution in [0.1, 0.15) is 51.5 Å². The average Bonchev–Trinajstić information content (AvgIpc) is 2.38. The van der Waals surface area contributed by atoms with Crippen LogP contribution in [0.3, 0.4) is 0 Å². The molecule has 1 aromatic rings. The molecule has 1 aromatic carbocycles. The second-order valence-electron chi connectivity index (χ2n) is 5.52. The number of aliphatic hydroxyl groups is 1. The first kappa shape index (κ1) is 15.0. The van der Waals surface area contributed by atoms with Gasteiger partial charge in [0.05, 0.1) is 12.1 Å². The van der Waals surface area contributed by atoms with Crippen LogP contribution < -0.4 is 5.32 Å². The maximum atomic E-state index is 9.60. The van der Waals surface area contributed by atoms with Gasteiger partial charge in [0.2, 0.25) is 0 Å². The Labute approximate surface area is 111 Å². The molecule has 1 rings (SSSR count). The number of benzene rings is 1. The van der Waals surface area contributed by atoms with Crippen LogP contribution in [0.4, 0.5) is 5.69 Å². The van der Waals surface area contributed by atoms with Gasteiger partial charge < -0.3 is 10.4 Å². The first-order valence-electron chi connectivity index (χ1n) is 7.05. The van der Waals surface area contributed by atoms with Gasteiger partial charge >= 0.3 is 0 Å². The molecule has 1 atom stereocenters. The standard InChI is InChI=1S/C16H27NO/c1-4-5-6-7-12-16(3,13-18)17-15-10-8-14(2)9-11-15/h8-11,17-18H,4-7,12-13H2,1-3H3. The van der Waals surface area contributed by atoms with Crippen molar-refractivity contribution in [3.63, 3.8) is 0 Å². The first-order chi connectivity index (χ1) is 8.59. The van der Waals surface area contributed by atoms with Crippen LogP contribution in [-0.2, 0) is 0 Å². The van der Waals surface area contributed by atoms with Crippen molar-refractivity contribution >= 4 is 5.69 Å². The Morgan fingerprint density at radius 2 is 1.78 bits per heavy atom. The molecule has 0 aliphatic carbocycles. The molecule has 2 N–H and O–H groups in total. The van der Waals surface area contributed by atoms with E-state index in [4.69, 9.17) is 0 Å². The van der Waals surface area contributed by atoms with Crippen molar-refractivity contribution in [3.8, 4) is 0 Å². The maximum absolute atomic E-state index is 9.60. The number of hydrogen-bond donors (Lipinski definition) is 2. The lowest BCUT2D eigenvalue weighted by atomic mass is 9.94. The molecule has 0 aromatic heterocycles. The minimum atomic E-state index is -0.205. The molecule has 18 heavy (non-hydrogen) atoms. The number of nitrogens with one attached hydrogen (secondary N) is 1. The molecule has 1 unspecified atom stereocenters. The average molecular weight is 249 g/mol. The van der Waals surface area contributed by atoms with Gasteiger partial charge in [-0.25, -0.2) is 0 Å². The van der Waals surface area contributed by atoms with Crippen molar-refractivity contribution in [2.24, 2.45) is 0 Å². The summed E-state index contributed by atoms with van der Waals surface area (Å²) in [6, 6.07) is 8.35. The fourth-order valence-corrected chi connectivity index (χ4v) is 2.11. The van der Waals surface area contributed by atoms with Gasteiger partial charge in [0.15, 0.2) is 0 Å². The van der Waals surface area contributed by atoms with Gasteiger partial charge in [-0.2, -0.15) is 0 Å². The molecule has 2 nitrogen and oxygen atoms in total. The number of rotatable bonds is 8. The monoisotopic (exact) mass is 249 g/mol. The zero-order chi connectivity index (χ0) is 13.4. The van der Waals surface area contributed by atoms with Gasteiger partial charge in [-0.3, -0.25) is 0 Å². The Morgan fingerprint density at radius 1 is 1.11 bits per heavy atom. The topological polar surface area (TPSA) is 32.3 Å². The van der Waals surface area contributed by atoms with Gasteiger partial charge in [0.1, 0.15) is 0 Å². The largest absolute Gasteiger partial charge is 0.394 e. The van der Waals surface area contributed by atoms with Crippen LogP contribution in [0.5, 0.6) is 0 Å². The van der Waals surface area contributed by atoms with E-state index in [0.29, 0.717) is 0 Å². The molecule has 0 bridgehead atoms. The van der Waals surface area contributed by atoms with Crippen molar-refractivity contribution < 1.29 is 5.11 Å². The molecule has 102 valence electrons. The Kier molecular flexibility index (Phi) is 6.20. The first-order valence-corrected chi connectivity index (χ1v) is 7.05. The number of aliphatic hydroxyl groups excluding tert-OH is 1. The number of aryl methyl sites for hydroxylation is 1. The fourth-order valence-electron chi connectivity index (χ4n) is 2.11. The summed E-state index contributed by atoms with van der Waals surface area (Å²) in [6.07, 6.45) is 5.97. The molecule has 0 aliphatic heterocycles. The van der Waals surface area contributed by atoms with Gasteiger partial charge in [0, 0.05) is 5.69 Å². The predicted molar refractivity (Wildman–Crippen MR) is 79.1 cm³/mol. The summed E-state index contributed by atoms with van der Waals surface area (Å²) in [6.45, 7) is 6.57. The lowest BCUT2D eigenvalue weighted by molar-refractivity contribution is 0.211. The van der Waals surface area contributed by atoms with Crippen LogP contribution in [-0.4, -0.2) is 17.3 Å². The SMILES string of the molecule is CCCCCCC(C)(CO)Nc1ccc(C)cc1. The van der Waals surface area contributed by atoms with Gasteiger partial charge in [-0.1, -0.05) is 50.3 Å². The molecule has 0 fully saturated rings. The highest BCUT2D eigenvalue weighted by atomic mass is 16.3. The van der Waals surface area contributed by atoms with Crippen LogP contribution in [0.15, 0.2) is 24.3 Å². The zero-order valence-electron chi connectivity index (χ0n) is 12.0. The molecule has 0 saturated carbocycles. The van der Waals surface area contributed by atoms with E-state index in [-0.39, 0.29) is 12.1 Å². The van der Waals surface area contributed by atoms with Crippen molar-refractivity contribution in [2.45, 2.75) is 58.4 Å². The lowest BCUT2D eigenvalue weighted by Gasteiger charge is -2.30. The van der Waals surface area contributed by atoms with E-state index in [9.17, 15) is 5.11 Å². The molecule has 2 heteroatoms. The molecule has 0 saturated heterocycles. The molecule has 0 radical (unpaired) electrons. The Bertz CT molecular complexity index is 333. The fraction of sp³-hybridized carbons (Fsp3) is 0.625.